The Labute approximate surface area is 112 Å². The molecule has 0 saturated carbocycles. The molecule has 0 aliphatic rings. The molecule has 0 unspecified atom stereocenters. The first-order valence-electron chi connectivity index (χ1n) is 6.36. The lowest BCUT2D eigenvalue weighted by Gasteiger charge is -2.17. The third-order valence-electron chi connectivity index (χ3n) is 2.72. The monoisotopic (exact) mass is 269 g/mol. The SMILES string of the molecule is CN(CCOc1cccc(F)c1)C(=O)CCCCO. The van der Waals surface area contributed by atoms with Crippen LogP contribution in [0.15, 0.2) is 24.3 Å². The molecule has 0 saturated heterocycles. The maximum absolute atomic E-state index is 12.9. The smallest absolute Gasteiger partial charge is 0.222 e. The van der Waals surface area contributed by atoms with Crippen molar-refractivity contribution >= 4 is 5.91 Å². The molecule has 0 bridgehead atoms. The highest BCUT2D eigenvalue weighted by Gasteiger charge is 2.08. The zero-order valence-electron chi connectivity index (χ0n) is 11.1. The van der Waals surface area contributed by atoms with Crippen LogP contribution in [0.5, 0.6) is 5.75 Å². The fraction of sp³-hybridized carbons (Fsp3) is 0.500. The van der Waals surface area contributed by atoms with E-state index in [2.05, 4.69) is 0 Å². The molecule has 1 aromatic carbocycles. The number of unbranched alkanes of at least 4 members (excludes halogenated alkanes) is 1. The fourth-order valence-corrected chi connectivity index (χ4v) is 1.56. The molecular formula is C14H20FNO3. The first-order valence-corrected chi connectivity index (χ1v) is 6.36. The first kappa shape index (κ1) is 15.4. The van der Waals surface area contributed by atoms with E-state index in [0.717, 1.165) is 0 Å². The Bertz CT molecular complexity index is 398. The maximum Gasteiger partial charge on any atom is 0.222 e. The first-order chi connectivity index (χ1) is 9.13. The summed E-state index contributed by atoms with van der Waals surface area (Å²) in [7, 11) is 1.70. The van der Waals surface area contributed by atoms with E-state index in [1.54, 1.807) is 24.1 Å². The molecule has 1 amide bonds. The lowest BCUT2D eigenvalue weighted by molar-refractivity contribution is -0.130. The lowest BCUT2D eigenvalue weighted by Crippen LogP contribution is -2.30. The molecule has 1 aromatic rings. The summed E-state index contributed by atoms with van der Waals surface area (Å²) in [5.41, 5.74) is 0. The van der Waals surface area contributed by atoms with Crippen molar-refractivity contribution in [2.75, 3.05) is 26.8 Å². The zero-order valence-corrected chi connectivity index (χ0v) is 11.1. The Kier molecular flexibility index (Phi) is 6.89. The molecule has 0 aromatic heterocycles. The van der Waals surface area contributed by atoms with Crippen LogP contribution in [0, 0.1) is 5.82 Å². The predicted molar refractivity (Wildman–Crippen MR) is 70.5 cm³/mol. The number of hydrogen-bond donors (Lipinski definition) is 1. The number of ether oxygens (including phenoxy) is 1. The van der Waals surface area contributed by atoms with Crippen molar-refractivity contribution in [3.8, 4) is 5.75 Å². The van der Waals surface area contributed by atoms with Gasteiger partial charge in [-0.3, -0.25) is 4.79 Å². The molecular weight excluding hydrogens is 249 g/mol. The Morgan fingerprint density at radius 1 is 1.42 bits per heavy atom. The number of halogens is 1. The molecule has 0 radical (unpaired) electrons. The summed E-state index contributed by atoms with van der Waals surface area (Å²) >= 11 is 0. The summed E-state index contributed by atoms with van der Waals surface area (Å²) in [6.45, 7) is 0.889. The Balaban J connectivity index is 2.23. The molecule has 0 atom stereocenters. The highest BCUT2D eigenvalue weighted by molar-refractivity contribution is 5.75. The van der Waals surface area contributed by atoms with Gasteiger partial charge in [0.25, 0.3) is 0 Å². The molecule has 0 fully saturated rings. The van der Waals surface area contributed by atoms with Crippen molar-refractivity contribution in [2.24, 2.45) is 0 Å². The van der Waals surface area contributed by atoms with Crippen molar-refractivity contribution in [1.29, 1.82) is 0 Å². The average molecular weight is 269 g/mol. The van der Waals surface area contributed by atoms with E-state index in [0.29, 0.717) is 38.2 Å². The highest BCUT2D eigenvalue weighted by Crippen LogP contribution is 2.11. The molecule has 1 rings (SSSR count). The zero-order chi connectivity index (χ0) is 14.1. The predicted octanol–water partition coefficient (Wildman–Crippen LogP) is 1.83. The number of hydrogen-bond acceptors (Lipinski definition) is 3. The Hall–Kier alpha value is -1.62. The number of aliphatic hydroxyl groups excluding tert-OH is 1. The van der Waals surface area contributed by atoms with Gasteiger partial charge in [0.2, 0.25) is 5.91 Å². The summed E-state index contributed by atoms with van der Waals surface area (Å²) in [5, 5.41) is 8.63. The van der Waals surface area contributed by atoms with Crippen LogP contribution in [0.1, 0.15) is 19.3 Å². The quantitative estimate of drug-likeness (QED) is 0.732. The number of likely N-dealkylation sites (N-methyl/N-ethyl adjacent to an activating group) is 1. The second-order valence-electron chi connectivity index (χ2n) is 4.30. The second-order valence-corrected chi connectivity index (χ2v) is 4.30. The Morgan fingerprint density at radius 2 is 2.21 bits per heavy atom. The van der Waals surface area contributed by atoms with Gasteiger partial charge in [0.1, 0.15) is 18.2 Å². The number of nitrogens with zero attached hydrogens (tertiary/aromatic N) is 1. The van der Waals surface area contributed by atoms with Crippen molar-refractivity contribution in [3.05, 3.63) is 30.1 Å². The number of amides is 1. The number of rotatable bonds is 8. The van der Waals surface area contributed by atoms with Gasteiger partial charge < -0.3 is 14.7 Å². The molecule has 0 aliphatic heterocycles. The van der Waals surface area contributed by atoms with Crippen LogP contribution in [0.2, 0.25) is 0 Å². The van der Waals surface area contributed by atoms with Gasteiger partial charge >= 0.3 is 0 Å². The van der Waals surface area contributed by atoms with Crippen LogP contribution in [0.4, 0.5) is 4.39 Å². The third-order valence-corrected chi connectivity index (χ3v) is 2.72. The van der Waals surface area contributed by atoms with Gasteiger partial charge in [-0.1, -0.05) is 6.07 Å². The van der Waals surface area contributed by atoms with Crippen molar-refractivity contribution in [2.45, 2.75) is 19.3 Å². The van der Waals surface area contributed by atoms with E-state index in [4.69, 9.17) is 9.84 Å². The van der Waals surface area contributed by atoms with Crippen LogP contribution in [0.25, 0.3) is 0 Å². The minimum atomic E-state index is -0.342. The summed E-state index contributed by atoms with van der Waals surface area (Å²) in [4.78, 5) is 13.2. The van der Waals surface area contributed by atoms with E-state index >= 15 is 0 Å². The van der Waals surface area contributed by atoms with Crippen molar-refractivity contribution in [1.82, 2.24) is 4.90 Å². The van der Waals surface area contributed by atoms with Gasteiger partial charge in [0.05, 0.1) is 6.54 Å². The number of carbonyl (C=O) groups is 1. The maximum atomic E-state index is 12.9. The van der Waals surface area contributed by atoms with Gasteiger partial charge in [0.15, 0.2) is 0 Å². The molecule has 0 spiro atoms. The van der Waals surface area contributed by atoms with E-state index in [9.17, 15) is 9.18 Å². The van der Waals surface area contributed by atoms with E-state index in [1.165, 1.54) is 12.1 Å². The number of benzene rings is 1. The van der Waals surface area contributed by atoms with Gasteiger partial charge in [-0.15, -0.1) is 0 Å². The summed E-state index contributed by atoms with van der Waals surface area (Å²) in [5.74, 6) is 0.142. The molecule has 19 heavy (non-hydrogen) atoms. The van der Waals surface area contributed by atoms with Crippen LogP contribution < -0.4 is 4.74 Å². The topological polar surface area (TPSA) is 49.8 Å². The molecule has 4 nitrogen and oxygen atoms in total. The molecule has 0 aliphatic carbocycles. The molecule has 5 heteroatoms. The highest BCUT2D eigenvalue weighted by atomic mass is 19.1. The van der Waals surface area contributed by atoms with Crippen LogP contribution >= 0.6 is 0 Å². The minimum Gasteiger partial charge on any atom is -0.492 e. The minimum absolute atomic E-state index is 0.0243. The van der Waals surface area contributed by atoms with Crippen molar-refractivity contribution < 1.29 is 19.0 Å². The molecule has 106 valence electrons. The third kappa shape index (κ3) is 6.20. The standard InChI is InChI=1S/C14H20FNO3/c1-16(14(18)7-2-3-9-17)8-10-19-13-6-4-5-12(15)11-13/h4-6,11,17H,2-3,7-10H2,1H3. The summed E-state index contributed by atoms with van der Waals surface area (Å²) < 4.78 is 18.2. The lowest BCUT2D eigenvalue weighted by atomic mass is 10.2. The van der Waals surface area contributed by atoms with Crippen LogP contribution in [-0.2, 0) is 4.79 Å². The van der Waals surface area contributed by atoms with Gasteiger partial charge in [0, 0.05) is 26.1 Å². The van der Waals surface area contributed by atoms with Crippen molar-refractivity contribution in [3.63, 3.8) is 0 Å². The largest absolute Gasteiger partial charge is 0.492 e. The van der Waals surface area contributed by atoms with Gasteiger partial charge in [-0.2, -0.15) is 0 Å². The van der Waals surface area contributed by atoms with E-state index in [-0.39, 0.29) is 18.3 Å². The fourth-order valence-electron chi connectivity index (χ4n) is 1.56. The summed E-state index contributed by atoms with van der Waals surface area (Å²) in [6.07, 6.45) is 1.75. The normalized spacial score (nSPS) is 10.3. The molecule has 0 heterocycles. The molecule has 1 N–H and O–H groups in total. The Morgan fingerprint density at radius 3 is 2.89 bits per heavy atom. The van der Waals surface area contributed by atoms with Crippen LogP contribution in [0.3, 0.4) is 0 Å². The van der Waals surface area contributed by atoms with Gasteiger partial charge in [-0.25, -0.2) is 4.39 Å². The van der Waals surface area contributed by atoms with Gasteiger partial charge in [-0.05, 0) is 25.0 Å². The van der Waals surface area contributed by atoms with E-state index < -0.39 is 0 Å². The van der Waals surface area contributed by atoms with E-state index in [1.807, 2.05) is 0 Å². The van der Waals surface area contributed by atoms with Crippen LogP contribution in [-0.4, -0.2) is 42.7 Å². The average Bonchev–Trinajstić information content (AvgIpc) is 2.39. The number of aliphatic hydroxyl groups is 1. The number of carbonyl (C=O) groups excluding carboxylic acids is 1. The second kappa shape index (κ2) is 8.48. The summed E-state index contributed by atoms with van der Waals surface area (Å²) in [6, 6.07) is 5.91.